The molecule has 0 radical (unpaired) electrons. The summed E-state index contributed by atoms with van der Waals surface area (Å²) in [5.74, 6) is -0.0289. The summed E-state index contributed by atoms with van der Waals surface area (Å²) in [5.41, 5.74) is 6.99. The van der Waals surface area contributed by atoms with E-state index < -0.39 is 10.0 Å². The standard InChI is InChI=1S/C11H13BrN4O2S/c1-7-3-4-8(12)9(5-7)15-19(17,18)10-6-16(2)14-11(10)13/h3-6,15H,1-2H3,(H2,13,14). The topological polar surface area (TPSA) is 90.0 Å². The minimum atomic E-state index is -3.75. The summed E-state index contributed by atoms with van der Waals surface area (Å²) in [7, 11) is -2.14. The van der Waals surface area contributed by atoms with Crippen LogP contribution in [0.2, 0.25) is 0 Å². The lowest BCUT2D eigenvalue weighted by Crippen LogP contribution is -2.14. The molecule has 3 N–H and O–H groups in total. The van der Waals surface area contributed by atoms with Crippen molar-refractivity contribution in [2.75, 3.05) is 10.5 Å². The Kier molecular flexibility index (Phi) is 3.55. The summed E-state index contributed by atoms with van der Waals surface area (Å²) in [6.07, 6.45) is 1.36. The highest BCUT2D eigenvalue weighted by Gasteiger charge is 2.21. The van der Waals surface area contributed by atoms with Crippen molar-refractivity contribution in [3.63, 3.8) is 0 Å². The molecule has 0 atom stereocenters. The second-order valence-electron chi connectivity index (χ2n) is 4.14. The predicted molar refractivity (Wildman–Crippen MR) is 77.3 cm³/mol. The monoisotopic (exact) mass is 344 g/mol. The molecule has 0 fully saturated rings. The van der Waals surface area contributed by atoms with Gasteiger partial charge in [0.25, 0.3) is 10.0 Å². The van der Waals surface area contributed by atoms with E-state index in [9.17, 15) is 8.42 Å². The Morgan fingerprint density at radius 2 is 2.11 bits per heavy atom. The molecule has 19 heavy (non-hydrogen) atoms. The summed E-state index contributed by atoms with van der Waals surface area (Å²) in [4.78, 5) is -0.0385. The Morgan fingerprint density at radius 3 is 2.68 bits per heavy atom. The number of benzene rings is 1. The normalized spacial score (nSPS) is 11.5. The molecule has 0 aliphatic rings. The molecule has 0 aliphatic carbocycles. The third-order valence-corrected chi connectivity index (χ3v) is 4.55. The van der Waals surface area contributed by atoms with Gasteiger partial charge >= 0.3 is 0 Å². The highest BCUT2D eigenvalue weighted by atomic mass is 79.9. The summed E-state index contributed by atoms with van der Waals surface area (Å²) in [5, 5.41) is 3.82. The van der Waals surface area contributed by atoms with Gasteiger partial charge in [-0.05, 0) is 40.5 Å². The van der Waals surface area contributed by atoms with E-state index in [1.54, 1.807) is 19.2 Å². The van der Waals surface area contributed by atoms with Gasteiger partial charge in [-0.3, -0.25) is 9.40 Å². The molecule has 1 aromatic carbocycles. The van der Waals surface area contributed by atoms with Crippen LogP contribution in [0.3, 0.4) is 0 Å². The fourth-order valence-electron chi connectivity index (χ4n) is 1.61. The van der Waals surface area contributed by atoms with Crippen LogP contribution in [0.5, 0.6) is 0 Å². The lowest BCUT2D eigenvalue weighted by atomic mass is 10.2. The minimum absolute atomic E-state index is 0.0289. The highest BCUT2D eigenvalue weighted by molar-refractivity contribution is 9.10. The van der Waals surface area contributed by atoms with Crippen molar-refractivity contribution >= 4 is 37.5 Å². The van der Waals surface area contributed by atoms with E-state index in [-0.39, 0.29) is 10.7 Å². The molecule has 0 saturated heterocycles. The molecule has 0 aliphatic heterocycles. The van der Waals surface area contributed by atoms with Crippen molar-refractivity contribution in [2.45, 2.75) is 11.8 Å². The minimum Gasteiger partial charge on any atom is -0.381 e. The van der Waals surface area contributed by atoms with Crippen LogP contribution < -0.4 is 10.5 Å². The Morgan fingerprint density at radius 1 is 1.42 bits per heavy atom. The molecule has 2 aromatic rings. The fourth-order valence-corrected chi connectivity index (χ4v) is 3.26. The van der Waals surface area contributed by atoms with E-state index in [0.29, 0.717) is 10.2 Å². The second kappa shape index (κ2) is 4.86. The van der Waals surface area contributed by atoms with E-state index in [0.717, 1.165) is 5.56 Å². The Labute approximate surface area is 119 Å². The second-order valence-corrected chi connectivity index (χ2v) is 6.65. The third kappa shape index (κ3) is 2.90. The maximum absolute atomic E-state index is 12.2. The lowest BCUT2D eigenvalue weighted by Gasteiger charge is -2.09. The Balaban J connectivity index is 2.42. The summed E-state index contributed by atoms with van der Waals surface area (Å²) >= 11 is 3.30. The van der Waals surface area contributed by atoms with E-state index >= 15 is 0 Å². The molecule has 0 amide bonds. The highest BCUT2D eigenvalue weighted by Crippen LogP contribution is 2.27. The first-order chi connectivity index (χ1) is 8.79. The number of hydrogen-bond donors (Lipinski definition) is 2. The van der Waals surface area contributed by atoms with Crippen molar-refractivity contribution in [3.8, 4) is 0 Å². The first-order valence-corrected chi connectivity index (χ1v) is 7.65. The number of rotatable bonds is 3. The van der Waals surface area contributed by atoms with Crippen molar-refractivity contribution in [3.05, 3.63) is 34.4 Å². The zero-order valence-corrected chi connectivity index (χ0v) is 12.8. The number of hydrogen-bond acceptors (Lipinski definition) is 4. The molecule has 2 rings (SSSR count). The van der Waals surface area contributed by atoms with Gasteiger partial charge in [0.2, 0.25) is 0 Å². The van der Waals surface area contributed by atoms with Crippen LogP contribution >= 0.6 is 15.9 Å². The fraction of sp³-hybridized carbons (Fsp3) is 0.182. The first-order valence-electron chi connectivity index (χ1n) is 5.37. The average molecular weight is 345 g/mol. The van der Waals surface area contributed by atoms with Gasteiger partial charge < -0.3 is 5.73 Å². The van der Waals surface area contributed by atoms with Gasteiger partial charge in [-0.15, -0.1) is 0 Å². The number of aromatic nitrogens is 2. The van der Waals surface area contributed by atoms with Gasteiger partial charge in [0.05, 0.1) is 5.69 Å². The van der Waals surface area contributed by atoms with E-state index in [1.165, 1.54) is 10.9 Å². The van der Waals surface area contributed by atoms with Crippen LogP contribution in [0.4, 0.5) is 11.5 Å². The number of sulfonamides is 1. The summed E-state index contributed by atoms with van der Waals surface area (Å²) < 4.78 is 29.0. The molecule has 0 spiro atoms. The van der Waals surface area contributed by atoms with Gasteiger partial charge in [0, 0.05) is 17.7 Å². The molecule has 0 saturated carbocycles. The number of nitrogens with zero attached hydrogens (tertiary/aromatic N) is 2. The van der Waals surface area contributed by atoms with Crippen LogP contribution in [0.25, 0.3) is 0 Å². The zero-order valence-electron chi connectivity index (χ0n) is 10.4. The van der Waals surface area contributed by atoms with Crippen LogP contribution in [0.15, 0.2) is 33.8 Å². The predicted octanol–water partition coefficient (Wildman–Crippen LogP) is 1.87. The van der Waals surface area contributed by atoms with Crippen molar-refractivity contribution in [1.82, 2.24) is 9.78 Å². The number of nitrogens with one attached hydrogen (secondary N) is 1. The summed E-state index contributed by atoms with van der Waals surface area (Å²) in [6, 6.07) is 5.38. The smallest absolute Gasteiger partial charge is 0.267 e. The molecule has 102 valence electrons. The van der Waals surface area contributed by atoms with Gasteiger partial charge in [-0.1, -0.05) is 6.07 Å². The van der Waals surface area contributed by atoms with Gasteiger partial charge in [0.1, 0.15) is 4.90 Å². The van der Waals surface area contributed by atoms with E-state index in [4.69, 9.17) is 5.73 Å². The third-order valence-electron chi connectivity index (χ3n) is 2.48. The molecule has 8 heteroatoms. The number of anilines is 2. The van der Waals surface area contributed by atoms with Crippen LogP contribution in [0.1, 0.15) is 5.56 Å². The van der Waals surface area contributed by atoms with Crippen LogP contribution in [-0.2, 0) is 17.1 Å². The molecule has 6 nitrogen and oxygen atoms in total. The average Bonchev–Trinajstić information content (AvgIpc) is 2.63. The van der Waals surface area contributed by atoms with Gasteiger partial charge in [0.15, 0.2) is 5.82 Å². The zero-order chi connectivity index (χ0) is 14.2. The summed E-state index contributed by atoms with van der Waals surface area (Å²) in [6.45, 7) is 1.88. The molecular formula is C11H13BrN4O2S. The molecule has 0 unspecified atom stereocenters. The van der Waals surface area contributed by atoms with Crippen molar-refractivity contribution < 1.29 is 8.42 Å². The quantitative estimate of drug-likeness (QED) is 0.889. The maximum Gasteiger partial charge on any atom is 0.267 e. The van der Waals surface area contributed by atoms with Crippen LogP contribution in [-0.4, -0.2) is 18.2 Å². The Hall–Kier alpha value is -1.54. The van der Waals surface area contributed by atoms with Crippen molar-refractivity contribution in [1.29, 1.82) is 0 Å². The number of halogens is 1. The molecule has 1 aromatic heterocycles. The molecular weight excluding hydrogens is 332 g/mol. The van der Waals surface area contributed by atoms with E-state index in [2.05, 4.69) is 25.8 Å². The lowest BCUT2D eigenvalue weighted by molar-refractivity contribution is 0.601. The first kappa shape index (κ1) is 13.9. The number of nitrogens with two attached hydrogens (primary N) is 1. The number of aryl methyl sites for hydroxylation is 2. The van der Waals surface area contributed by atoms with Gasteiger partial charge in [-0.25, -0.2) is 8.42 Å². The van der Waals surface area contributed by atoms with Crippen LogP contribution in [0, 0.1) is 6.92 Å². The number of nitrogen functional groups attached to an aromatic ring is 1. The molecule has 1 heterocycles. The van der Waals surface area contributed by atoms with E-state index in [1.807, 2.05) is 13.0 Å². The molecule has 0 bridgehead atoms. The Bertz CT molecular complexity index is 724. The van der Waals surface area contributed by atoms with Crippen molar-refractivity contribution in [2.24, 2.45) is 7.05 Å². The largest absolute Gasteiger partial charge is 0.381 e. The van der Waals surface area contributed by atoms with Gasteiger partial charge in [-0.2, -0.15) is 5.10 Å². The maximum atomic E-state index is 12.2. The SMILES string of the molecule is Cc1ccc(Br)c(NS(=O)(=O)c2cn(C)nc2N)c1.